The number of aromatic nitrogens is 2. The Morgan fingerprint density at radius 2 is 1.49 bits per heavy atom. The van der Waals surface area contributed by atoms with Crippen LogP contribution in [0.25, 0.3) is 11.3 Å². The van der Waals surface area contributed by atoms with E-state index in [1.54, 1.807) is 12.1 Å². The highest BCUT2D eigenvalue weighted by molar-refractivity contribution is 5.82. The summed E-state index contributed by atoms with van der Waals surface area (Å²) in [5.74, 6) is 0.405. The summed E-state index contributed by atoms with van der Waals surface area (Å²) in [6.07, 6.45) is 1.83. The Morgan fingerprint density at radius 1 is 0.902 bits per heavy atom. The lowest BCUT2D eigenvalue weighted by molar-refractivity contribution is -0.401. The second-order valence-electron chi connectivity index (χ2n) is 11.3. The number of rotatable bonds is 8. The zero-order valence-electron chi connectivity index (χ0n) is 23.1. The van der Waals surface area contributed by atoms with Gasteiger partial charge < -0.3 is 20.6 Å². The third kappa shape index (κ3) is 6.30. The summed E-state index contributed by atoms with van der Waals surface area (Å²) < 4.78 is 0. The first kappa shape index (κ1) is 29.1. The van der Waals surface area contributed by atoms with Crippen molar-refractivity contribution in [2.24, 2.45) is 0 Å². The molecule has 1 fully saturated rings. The quantitative estimate of drug-likeness (QED) is 0.242. The first-order chi connectivity index (χ1) is 19.1. The van der Waals surface area contributed by atoms with E-state index in [9.17, 15) is 35.4 Å². The summed E-state index contributed by atoms with van der Waals surface area (Å²) in [4.78, 5) is 33.4. The number of piperidine rings is 1. The molecule has 1 aromatic heterocycles. The van der Waals surface area contributed by atoms with Crippen molar-refractivity contribution in [2.45, 2.75) is 57.7 Å². The van der Waals surface area contributed by atoms with Gasteiger partial charge in [-0.2, -0.15) is 0 Å². The summed E-state index contributed by atoms with van der Waals surface area (Å²) in [5, 5.41) is 59.8. The molecule has 41 heavy (non-hydrogen) atoms. The number of nitro benzene ring substituents is 3. The molecule has 216 valence electrons. The Labute approximate surface area is 234 Å². The number of nitrogens with zero attached hydrogens (tertiary/aromatic N) is 6. The summed E-state index contributed by atoms with van der Waals surface area (Å²) in [5.41, 5.74) is -2.43. The van der Waals surface area contributed by atoms with Crippen molar-refractivity contribution in [3.8, 4) is 17.0 Å². The number of phenolic OH excluding ortho intramolecular Hbond substituents is 1. The summed E-state index contributed by atoms with van der Waals surface area (Å²) in [6, 6.07) is 9.13. The van der Waals surface area contributed by atoms with Gasteiger partial charge in [0.1, 0.15) is 5.75 Å². The van der Waals surface area contributed by atoms with Crippen LogP contribution in [0.5, 0.6) is 5.75 Å². The minimum absolute atomic E-state index is 0.0507. The highest BCUT2D eigenvalue weighted by atomic mass is 16.6. The van der Waals surface area contributed by atoms with Crippen molar-refractivity contribution in [2.75, 3.05) is 17.3 Å². The van der Waals surface area contributed by atoms with Gasteiger partial charge in [0.2, 0.25) is 0 Å². The molecular weight excluding hydrogens is 536 g/mol. The molecule has 15 heteroatoms. The molecular formula is C26H30N8O7. The molecule has 1 saturated heterocycles. The SMILES string of the molecule is CN(c1ccc(-c2ccc(Nc3c([N+](=O)[O-])cc([N+](=O)[O-])cc3[N+](=O)[O-])cc2O)nn1)C1CC(C)(C)NC(C)(C)C1. The Morgan fingerprint density at radius 3 is 1.95 bits per heavy atom. The van der Waals surface area contributed by atoms with Gasteiger partial charge in [-0.05, 0) is 64.8 Å². The Hall–Kier alpha value is -4.92. The van der Waals surface area contributed by atoms with Crippen LogP contribution in [0.3, 0.4) is 0 Å². The van der Waals surface area contributed by atoms with E-state index >= 15 is 0 Å². The molecule has 0 aliphatic carbocycles. The van der Waals surface area contributed by atoms with E-state index in [1.165, 1.54) is 18.2 Å². The number of nitro groups is 3. The maximum atomic E-state index is 11.6. The molecule has 0 bridgehead atoms. The first-order valence-corrected chi connectivity index (χ1v) is 12.6. The van der Waals surface area contributed by atoms with E-state index in [1.807, 2.05) is 7.05 Å². The van der Waals surface area contributed by atoms with Crippen LogP contribution in [0.15, 0.2) is 42.5 Å². The summed E-state index contributed by atoms with van der Waals surface area (Å²) in [7, 11) is 1.97. The lowest BCUT2D eigenvalue weighted by atomic mass is 9.79. The van der Waals surface area contributed by atoms with Crippen LogP contribution >= 0.6 is 0 Å². The fourth-order valence-electron chi connectivity index (χ4n) is 5.48. The molecule has 4 rings (SSSR count). The number of hydrogen-bond acceptors (Lipinski definition) is 12. The van der Waals surface area contributed by atoms with Crippen LogP contribution in [-0.2, 0) is 0 Å². The molecule has 0 spiro atoms. The number of phenols is 1. The van der Waals surface area contributed by atoms with Crippen LogP contribution in [-0.4, -0.2) is 54.2 Å². The maximum Gasteiger partial charge on any atom is 0.306 e. The summed E-state index contributed by atoms with van der Waals surface area (Å²) in [6.45, 7) is 8.68. The van der Waals surface area contributed by atoms with E-state index in [0.29, 0.717) is 29.2 Å². The molecule has 1 aliphatic heterocycles. The van der Waals surface area contributed by atoms with Crippen LogP contribution < -0.4 is 15.5 Å². The molecule has 0 unspecified atom stereocenters. The maximum absolute atomic E-state index is 11.6. The van der Waals surface area contributed by atoms with Crippen molar-refractivity contribution < 1.29 is 19.9 Å². The fraction of sp³-hybridized carbons (Fsp3) is 0.385. The van der Waals surface area contributed by atoms with Gasteiger partial charge in [0.15, 0.2) is 11.5 Å². The van der Waals surface area contributed by atoms with Crippen molar-refractivity contribution in [3.63, 3.8) is 0 Å². The Kier molecular flexibility index (Phi) is 7.50. The third-order valence-electron chi connectivity index (χ3n) is 6.96. The fourth-order valence-corrected chi connectivity index (χ4v) is 5.48. The standard InChI is InChI=1S/C26H30N8O7/c1-25(2)13-17(14-26(3,4)30-25)31(5)23-9-8-19(28-29-23)18-7-6-15(10-22(18)35)27-24-20(33(38)39)11-16(32(36)37)12-21(24)34(40)41/h6-12,17,27,30,35H,13-14H2,1-5H3. The number of aromatic hydroxyl groups is 1. The molecule has 0 radical (unpaired) electrons. The second-order valence-corrected chi connectivity index (χ2v) is 11.3. The van der Waals surface area contributed by atoms with E-state index in [0.717, 1.165) is 12.8 Å². The zero-order chi connectivity index (χ0) is 30.3. The van der Waals surface area contributed by atoms with Crippen LogP contribution in [0.2, 0.25) is 0 Å². The number of benzene rings is 2. The van der Waals surface area contributed by atoms with Gasteiger partial charge >= 0.3 is 11.4 Å². The van der Waals surface area contributed by atoms with Gasteiger partial charge in [-0.25, -0.2) is 0 Å². The predicted octanol–water partition coefficient (Wildman–Crippen LogP) is 5.06. The molecule has 0 atom stereocenters. The van der Waals surface area contributed by atoms with Gasteiger partial charge in [0.05, 0.1) is 32.6 Å². The van der Waals surface area contributed by atoms with Crippen LogP contribution in [0.1, 0.15) is 40.5 Å². The van der Waals surface area contributed by atoms with Crippen molar-refractivity contribution in [1.29, 1.82) is 0 Å². The number of anilines is 3. The van der Waals surface area contributed by atoms with Gasteiger partial charge in [-0.15, -0.1) is 10.2 Å². The average Bonchev–Trinajstić information content (AvgIpc) is 2.86. The number of nitrogens with one attached hydrogen (secondary N) is 2. The molecule has 1 aliphatic rings. The van der Waals surface area contributed by atoms with E-state index in [-0.39, 0.29) is 28.6 Å². The topological polar surface area (TPSA) is 203 Å². The molecule has 2 heterocycles. The number of hydrogen-bond donors (Lipinski definition) is 3. The predicted molar refractivity (Wildman–Crippen MR) is 152 cm³/mol. The highest BCUT2D eigenvalue weighted by Crippen LogP contribution is 2.41. The second kappa shape index (κ2) is 10.6. The monoisotopic (exact) mass is 566 g/mol. The minimum Gasteiger partial charge on any atom is -0.507 e. The molecule has 3 aromatic rings. The first-order valence-electron chi connectivity index (χ1n) is 12.6. The van der Waals surface area contributed by atoms with E-state index < -0.39 is 37.5 Å². The lowest BCUT2D eigenvalue weighted by Crippen LogP contribution is -2.62. The van der Waals surface area contributed by atoms with Gasteiger partial charge in [-0.1, -0.05) is 0 Å². The smallest absolute Gasteiger partial charge is 0.306 e. The van der Waals surface area contributed by atoms with Crippen molar-refractivity contribution >= 4 is 34.3 Å². The van der Waals surface area contributed by atoms with Crippen LogP contribution in [0.4, 0.5) is 34.3 Å². The largest absolute Gasteiger partial charge is 0.507 e. The molecule has 0 saturated carbocycles. The average molecular weight is 567 g/mol. The highest BCUT2D eigenvalue weighted by Gasteiger charge is 2.39. The summed E-state index contributed by atoms with van der Waals surface area (Å²) >= 11 is 0. The van der Waals surface area contributed by atoms with Gasteiger partial charge in [0.25, 0.3) is 5.69 Å². The van der Waals surface area contributed by atoms with Crippen molar-refractivity contribution in [3.05, 3.63) is 72.8 Å². The molecule has 0 amide bonds. The molecule has 3 N–H and O–H groups in total. The zero-order valence-corrected chi connectivity index (χ0v) is 23.1. The van der Waals surface area contributed by atoms with Crippen molar-refractivity contribution in [1.82, 2.24) is 15.5 Å². The normalized spacial score (nSPS) is 16.1. The Bertz CT molecular complexity index is 1470. The Balaban J connectivity index is 1.59. The van der Waals surface area contributed by atoms with Gasteiger partial charge in [-0.3, -0.25) is 30.3 Å². The lowest BCUT2D eigenvalue weighted by Gasteiger charge is -2.49. The van der Waals surface area contributed by atoms with Gasteiger partial charge in [0, 0.05) is 41.5 Å². The number of non-ortho nitro benzene ring substituents is 1. The molecule has 2 aromatic carbocycles. The van der Waals surface area contributed by atoms with E-state index in [4.69, 9.17) is 0 Å². The molecule has 15 nitrogen and oxygen atoms in total. The van der Waals surface area contributed by atoms with Crippen LogP contribution in [0, 0.1) is 30.3 Å². The minimum atomic E-state index is -0.962. The third-order valence-corrected chi connectivity index (χ3v) is 6.96. The van der Waals surface area contributed by atoms with E-state index in [2.05, 4.69) is 53.4 Å².